The summed E-state index contributed by atoms with van der Waals surface area (Å²) in [7, 11) is 0. The predicted molar refractivity (Wildman–Crippen MR) is 91.4 cm³/mol. The molecule has 2 amide bonds. The molecule has 8 heteroatoms. The lowest BCUT2D eigenvalue weighted by Crippen LogP contribution is -2.38. The Kier molecular flexibility index (Phi) is 5.47. The lowest BCUT2D eigenvalue weighted by molar-refractivity contribution is -0.133. The van der Waals surface area contributed by atoms with Gasteiger partial charge in [0.25, 0.3) is 0 Å². The van der Waals surface area contributed by atoms with Crippen LogP contribution in [0.5, 0.6) is 0 Å². The molecule has 0 spiro atoms. The molecule has 24 heavy (non-hydrogen) atoms. The monoisotopic (exact) mass is 345 g/mol. The van der Waals surface area contributed by atoms with Crippen LogP contribution >= 0.6 is 11.8 Å². The number of nitrogens with zero attached hydrogens (tertiary/aromatic N) is 3. The first-order chi connectivity index (χ1) is 11.7. The number of aromatic amines is 1. The van der Waals surface area contributed by atoms with Crippen LogP contribution in [0.2, 0.25) is 0 Å². The summed E-state index contributed by atoms with van der Waals surface area (Å²) in [6.45, 7) is 1.35. The van der Waals surface area contributed by atoms with Crippen molar-refractivity contribution in [3.63, 3.8) is 0 Å². The average Bonchev–Trinajstić information content (AvgIpc) is 3.22. The SMILES string of the molecule is O=C(CN1CCCC1=O)NCCSc1n[nH]c(-c2ccccc2)n1. The Morgan fingerprint density at radius 3 is 2.92 bits per heavy atom. The summed E-state index contributed by atoms with van der Waals surface area (Å²) in [5.41, 5.74) is 0.987. The molecule has 1 aromatic heterocycles. The summed E-state index contributed by atoms with van der Waals surface area (Å²) in [5.74, 6) is 1.35. The van der Waals surface area contributed by atoms with Gasteiger partial charge in [0.05, 0.1) is 6.54 Å². The van der Waals surface area contributed by atoms with Gasteiger partial charge in [-0.25, -0.2) is 4.98 Å². The minimum Gasteiger partial charge on any atom is -0.354 e. The number of benzene rings is 1. The van der Waals surface area contributed by atoms with Crippen molar-refractivity contribution in [2.24, 2.45) is 0 Å². The molecule has 0 saturated carbocycles. The molecule has 0 atom stereocenters. The molecule has 0 unspecified atom stereocenters. The molecule has 1 saturated heterocycles. The topological polar surface area (TPSA) is 91.0 Å². The van der Waals surface area contributed by atoms with E-state index in [-0.39, 0.29) is 18.4 Å². The number of carbonyl (C=O) groups excluding carboxylic acids is 2. The Morgan fingerprint density at radius 2 is 2.17 bits per heavy atom. The number of likely N-dealkylation sites (tertiary alicyclic amines) is 1. The second kappa shape index (κ2) is 7.96. The fourth-order valence-electron chi connectivity index (χ4n) is 2.47. The standard InChI is InChI=1S/C16H19N5O2S/c22-13(11-21-9-4-7-14(21)23)17-8-10-24-16-18-15(19-20-16)12-5-2-1-3-6-12/h1-3,5-6H,4,7-11H2,(H,17,22)(H,18,19,20). The molecule has 2 heterocycles. The molecule has 2 aromatic rings. The molecule has 7 nitrogen and oxygen atoms in total. The van der Waals surface area contributed by atoms with E-state index in [4.69, 9.17) is 0 Å². The molecule has 1 aliphatic heterocycles. The summed E-state index contributed by atoms with van der Waals surface area (Å²) in [6.07, 6.45) is 1.40. The third-order valence-corrected chi connectivity index (χ3v) is 4.52. The van der Waals surface area contributed by atoms with E-state index in [1.54, 1.807) is 4.90 Å². The average molecular weight is 345 g/mol. The van der Waals surface area contributed by atoms with Crippen molar-refractivity contribution < 1.29 is 9.59 Å². The second-order valence-corrected chi connectivity index (χ2v) is 6.51. The first kappa shape index (κ1) is 16.5. The zero-order valence-electron chi connectivity index (χ0n) is 13.2. The van der Waals surface area contributed by atoms with Crippen molar-refractivity contribution in [2.75, 3.05) is 25.4 Å². The molecule has 0 bridgehead atoms. The summed E-state index contributed by atoms with van der Waals surface area (Å²) in [6, 6.07) is 9.79. The molecule has 2 N–H and O–H groups in total. The fraction of sp³-hybridized carbons (Fsp3) is 0.375. The van der Waals surface area contributed by atoms with Gasteiger partial charge in [-0.2, -0.15) is 0 Å². The highest BCUT2D eigenvalue weighted by atomic mass is 32.2. The summed E-state index contributed by atoms with van der Waals surface area (Å²) >= 11 is 1.47. The maximum absolute atomic E-state index is 11.8. The highest BCUT2D eigenvalue weighted by Crippen LogP contribution is 2.18. The van der Waals surface area contributed by atoms with Crippen LogP contribution in [0.15, 0.2) is 35.5 Å². The zero-order chi connectivity index (χ0) is 16.8. The highest BCUT2D eigenvalue weighted by Gasteiger charge is 2.21. The van der Waals surface area contributed by atoms with Gasteiger partial charge >= 0.3 is 0 Å². The van der Waals surface area contributed by atoms with Crippen LogP contribution in [0, 0.1) is 0 Å². The number of hydrogen-bond donors (Lipinski definition) is 2. The van der Waals surface area contributed by atoms with Crippen LogP contribution in [-0.4, -0.2) is 57.3 Å². The molecule has 0 radical (unpaired) electrons. The van der Waals surface area contributed by atoms with Gasteiger partial charge in [0.15, 0.2) is 5.82 Å². The van der Waals surface area contributed by atoms with Crippen LogP contribution < -0.4 is 5.32 Å². The van der Waals surface area contributed by atoms with Crippen molar-refractivity contribution in [3.05, 3.63) is 30.3 Å². The molecule has 0 aliphatic carbocycles. The summed E-state index contributed by atoms with van der Waals surface area (Å²) < 4.78 is 0. The van der Waals surface area contributed by atoms with Gasteiger partial charge in [0.2, 0.25) is 17.0 Å². The number of rotatable bonds is 7. The van der Waals surface area contributed by atoms with Crippen LogP contribution in [0.4, 0.5) is 0 Å². The number of aromatic nitrogens is 3. The summed E-state index contributed by atoms with van der Waals surface area (Å²) in [5, 5.41) is 10.5. The third kappa shape index (κ3) is 4.35. The van der Waals surface area contributed by atoms with Gasteiger partial charge < -0.3 is 10.2 Å². The van der Waals surface area contributed by atoms with Crippen molar-refractivity contribution in [2.45, 2.75) is 18.0 Å². The van der Waals surface area contributed by atoms with Gasteiger partial charge in [-0.05, 0) is 6.42 Å². The maximum atomic E-state index is 11.8. The number of H-pyrrole nitrogens is 1. The van der Waals surface area contributed by atoms with Crippen LogP contribution in [0.3, 0.4) is 0 Å². The van der Waals surface area contributed by atoms with E-state index in [1.807, 2.05) is 30.3 Å². The van der Waals surface area contributed by atoms with Gasteiger partial charge in [0, 0.05) is 30.8 Å². The number of amides is 2. The smallest absolute Gasteiger partial charge is 0.239 e. The van der Waals surface area contributed by atoms with Gasteiger partial charge in [-0.3, -0.25) is 14.7 Å². The number of hydrogen-bond acceptors (Lipinski definition) is 5. The lowest BCUT2D eigenvalue weighted by atomic mass is 10.2. The normalized spacial score (nSPS) is 14.2. The Balaban J connectivity index is 1.38. The fourth-order valence-corrected chi connectivity index (χ4v) is 3.12. The quantitative estimate of drug-likeness (QED) is 0.583. The van der Waals surface area contributed by atoms with E-state index in [2.05, 4.69) is 20.5 Å². The highest BCUT2D eigenvalue weighted by molar-refractivity contribution is 7.99. The Bertz CT molecular complexity index is 704. The van der Waals surface area contributed by atoms with Crippen LogP contribution in [-0.2, 0) is 9.59 Å². The van der Waals surface area contributed by atoms with E-state index in [9.17, 15) is 9.59 Å². The molecule has 1 aliphatic rings. The molecule has 1 aromatic carbocycles. The molecular formula is C16H19N5O2S. The number of carbonyl (C=O) groups is 2. The Morgan fingerprint density at radius 1 is 1.33 bits per heavy atom. The van der Waals surface area contributed by atoms with E-state index < -0.39 is 0 Å². The largest absolute Gasteiger partial charge is 0.354 e. The molecule has 126 valence electrons. The van der Waals surface area contributed by atoms with Gasteiger partial charge in [-0.15, -0.1) is 5.10 Å². The first-order valence-corrected chi connectivity index (χ1v) is 8.86. The minimum atomic E-state index is -0.120. The zero-order valence-corrected chi connectivity index (χ0v) is 14.0. The van der Waals surface area contributed by atoms with Crippen LogP contribution in [0.1, 0.15) is 12.8 Å². The van der Waals surface area contributed by atoms with E-state index in [1.165, 1.54) is 11.8 Å². The van der Waals surface area contributed by atoms with Gasteiger partial charge in [0.1, 0.15) is 0 Å². The Labute approximate surface area is 144 Å². The van der Waals surface area contributed by atoms with Gasteiger partial charge in [-0.1, -0.05) is 42.1 Å². The van der Waals surface area contributed by atoms with E-state index in [0.717, 1.165) is 17.8 Å². The third-order valence-electron chi connectivity index (χ3n) is 3.67. The molecule has 3 rings (SSSR count). The van der Waals surface area contributed by atoms with E-state index >= 15 is 0 Å². The lowest BCUT2D eigenvalue weighted by Gasteiger charge is -2.14. The number of nitrogens with one attached hydrogen (secondary N) is 2. The van der Waals surface area contributed by atoms with Crippen molar-refractivity contribution in [1.82, 2.24) is 25.4 Å². The van der Waals surface area contributed by atoms with Crippen molar-refractivity contribution in [3.8, 4) is 11.4 Å². The van der Waals surface area contributed by atoms with Crippen molar-refractivity contribution >= 4 is 23.6 Å². The summed E-state index contributed by atoms with van der Waals surface area (Å²) in [4.78, 5) is 29.3. The maximum Gasteiger partial charge on any atom is 0.239 e. The molecule has 1 fully saturated rings. The van der Waals surface area contributed by atoms with Crippen molar-refractivity contribution in [1.29, 1.82) is 0 Å². The van der Waals surface area contributed by atoms with E-state index in [0.29, 0.717) is 30.4 Å². The predicted octanol–water partition coefficient (Wildman–Crippen LogP) is 1.30. The first-order valence-electron chi connectivity index (χ1n) is 7.87. The molecular weight excluding hydrogens is 326 g/mol. The number of thioether (sulfide) groups is 1. The minimum absolute atomic E-state index is 0.0636. The second-order valence-electron chi connectivity index (χ2n) is 5.45. The Hall–Kier alpha value is -2.35. The van der Waals surface area contributed by atoms with Crippen LogP contribution in [0.25, 0.3) is 11.4 Å².